The number of hydrogen-bond donors (Lipinski definition) is 1. The maximum absolute atomic E-state index is 14.1. The van der Waals surface area contributed by atoms with Crippen molar-refractivity contribution >= 4 is 5.69 Å². The Bertz CT molecular complexity index is 543. The van der Waals surface area contributed by atoms with Gasteiger partial charge < -0.3 is 19.4 Å². The minimum atomic E-state index is -0.205. The number of nitrogens with zero attached hydrogens (tertiary/aromatic N) is 1. The molecule has 1 heterocycles. The van der Waals surface area contributed by atoms with E-state index in [0.717, 1.165) is 11.4 Å². The standard InChI is InChI=1S/C16H21FN2O2/c1-19(12-13-5-4-9-21-13)16-7-3-6-15(17)14(16)11-18-8-10-20-2/h3-7,9,18H,8,10-12H2,1-2H3. The number of hydrogen-bond acceptors (Lipinski definition) is 4. The third kappa shape index (κ3) is 4.31. The predicted molar refractivity (Wildman–Crippen MR) is 80.8 cm³/mol. The van der Waals surface area contributed by atoms with Crippen molar-refractivity contribution in [3.63, 3.8) is 0 Å². The number of ether oxygens (including phenoxy) is 1. The highest BCUT2D eigenvalue weighted by Gasteiger charge is 2.12. The second-order valence-corrected chi connectivity index (χ2v) is 4.84. The van der Waals surface area contributed by atoms with Crippen molar-refractivity contribution in [2.75, 3.05) is 32.2 Å². The molecule has 1 aromatic heterocycles. The van der Waals surface area contributed by atoms with Crippen LogP contribution in [0.4, 0.5) is 10.1 Å². The van der Waals surface area contributed by atoms with Crippen LogP contribution in [0.15, 0.2) is 41.0 Å². The minimum Gasteiger partial charge on any atom is -0.467 e. The molecule has 0 unspecified atom stereocenters. The van der Waals surface area contributed by atoms with Crippen LogP contribution in [0.3, 0.4) is 0 Å². The van der Waals surface area contributed by atoms with Crippen molar-refractivity contribution in [3.8, 4) is 0 Å². The summed E-state index contributed by atoms with van der Waals surface area (Å²) in [5.41, 5.74) is 1.51. The fourth-order valence-electron chi connectivity index (χ4n) is 2.19. The second kappa shape index (κ2) is 7.81. The van der Waals surface area contributed by atoms with Crippen LogP contribution in [-0.2, 0) is 17.8 Å². The van der Waals surface area contributed by atoms with Crippen LogP contribution >= 0.6 is 0 Å². The summed E-state index contributed by atoms with van der Waals surface area (Å²) in [7, 11) is 3.57. The van der Waals surface area contributed by atoms with E-state index >= 15 is 0 Å². The molecule has 0 spiro atoms. The van der Waals surface area contributed by atoms with E-state index in [1.54, 1.807) is 19.4 Å². The molecule has 114 valence electrons. The summed E-state index contributed by atoms with van der Waals surface area (Å²) in [6.45, 7) is 2.35. The van der Waals surface area contributed by atoms with E-state index in [1.807, 2.05) is 30.1 Å². The molecule has 0 bridgehead atoms. The summed E-state index contributed by atoms with van der Waals surface area (Å²) in [6.07, 6.45) is 1.64. The molecule has 0 atom stereocenters. The van der Waals surface area contributed by atoms with Gasteiger partial charge in [0.15, 0.2) is 0 Å². The van der Waals surface area contributed by atoms with Gasteiger partial charge in [0.2, 0.25) is 0 Å². The molecule has 0 aliphatic heterocycles. The number of halogens is 1. The summed E-state index contributed by atoms with van der Waals surface area (Å²) < 4.78 is 24.4. The maximum Gasteiger partial charge on any atom is 0.129 e. The molecular formula is C16H21FN2O2. The van der Waals surface area contributed by atoms with Gasteiger partial charge in [-0.1, -0.05) is 6.07 Å². The first kappa shape index (κ1) is 15.5. The smallest absolute Gasteiger partial charge is 0.129 e. The van der Waals surface area contributed by atoms with Crippen LogP contribution in [0, 0.1) is 5.82 Å². The Hall–Kier alpha value is -1.85. The van der Waals surface area contributed by atoms with Crippen LogP contribution in [-0.4, -0.2) is 27.3 Å². The number of anilines is 1. The zero-order valence-corrected chi connectivity index (χ0v) is 12.4. The van der Waals surface area contributed by atoms with Gasteiger partial charge in [0.25, 0.3) is 0 Å². The van der Waals surface area contributed by atoms with Gasteiger partial charge in [0, 0.05) is 38.5 Å². The van der Waals surface area contributed by atoms with E-state index in [-0.39, 0.29) is 5.82 Å². The molecule has 5 heteroatoms. The minimum absolute atomic E-state index is 0.205. The number of furan rings is 1. The first-order chi connectivity index (χ1) is 10.2. The summed E-state index contributed by atoms with van der Waals surface area (Å²) in [6, 6.07) is 8.88. The molecule has 0 saturated carbocycles. The number of nitrogens with one attached hydrogen (secondary N) is 1. The zero-order valence-electron chi connectivity index (χ0n) is 12.4. The summed E-state index contributed by atoms with van der Waals surface area (Å²) in [5.74, 6) is 0.642. The Morgan fingerprint density at radius 2 is 2.14 bits per heavy atom. The van der Waals surface area contributed by atoms with Crippen molar-refractivity contribution < 1.29 is 13.5 Å². The Kier molecular flexibility index (Phi) is 5.78. The normalized spacial score (nSPS) is 10.8. The van der Waals surface area contributed by atoms with E-state index in [9.17, 15) is 4.39 Å². The van der Waals surface area contributed by atoms with Gasteiger partial charge in [-0.25, -0.2) is 4.39 Å². The van der Waals surface area contributed by atoms with Crippen LogP contribution in [0.1, 0.15) is 11.3 Å². The molecule has 0 fully saturated rings. The van der Waals surface area contributed by atoms with E-state index in [0.29, 0.717) is 31.8 Å². The molecule has 0 saturated heterocycles. The second-order valence-electron chi connectivity index (χ2n) is 4.84. The fourth-order valence-corrected chi connectivity index (χ4v) is 2.19. The van der Waals surface area contributed by atoms with Gasteiger partial charge in [-0.2, -0.15) is 0 Å². The van der Waals surface area contributed by atoms with Gasteiger partial charge in [-0.15, -0.1) is 0 Å². The molecule has 1 N–H and O–H groups in total. The van der Waals surface area contributed by atoms with Crippen molar-refractivity contribution in [2.45, 2.75) is 13.1 Å². The highest BCUT2D eigenvalue weighted by atomic mass is 19.1. The number of methoxy groups -OCH3 is 1. The van der Waals surface area contributed by atoms with Crippen LogP contribution in [0.5, 0.6) is 0 Å². The van der Waals surface area contributed by atoms with Crippen LogP contribution in [0.2, 0.25) is 0 Å². The number of rotatable bonds is 8. The molecule has 0 radical (unpaired) electrons. The molecule has 1 aromatic carbocycles. The Morgan fingerprint density at radius 3 is 2.86 bits per heavy atom. The van der Waals surface area contributed by atoms with E-state index in [1.165, 1.54) is 6.07 Å². The molecule has 0 aliphatic carbocycles. The average molecular weight is 292 g/mol. The lowest BCUT2D eigenvalue weighted by atomic mass is 10.1. The lowest BCUT2D eigenvalue weighted by Crippen LogP contribution is -2.23. The van der Waals surface area contributed by atoms with Crippen molar-refractivity contribution in [2.24, 2.45) is 0 Å². The van der Waals surface area contributed by atoms with Crippen molar-refractivity contribution in [1.82, 2.24) is 5.32 Å². The Labute approximate surface area is 124 Å². The highest BCUT2D eigenvalue weighted by molar-refractivity contribution is 5.53. The molecule has 2 rings (SSSR count). The summed E-state index contributed by atoms with van der Waals surface area (Å²) in [4.78, 5) is 1.98. The maximum atomic E-state index is 14.1. The molecule has 0 amide bonds. The monoisotopic (exact) mass is 292 g/mol. The quantitative estimate of drug-likeness (QED) is 0.759. The Morgan fingerprint density at radius 1 is 1.29 bits per heavy atom. The zero-order chi connectivity index (χ0) is 15.1. The van der Waals surface area contributed by atoms with E-state index in [2.05, 4.69) is 5.32 Å². The van der Waals surface area contributed by atoms with Crippen LogP contribution < -0.4 is 10.2 Å². The van der Waals surface area contributed by atoms with E-state index < -0.39 is 0 Å². The van der Waals surface area contributed by atoms with E-state index in [4.69, 9.17) is 9.15 Å². The molecular weight excluding hydrogens is 271 g/mol. The summed E-state index contributed by atoms with van der Waals surface area (Å²) in [5, 5.41) is 3.18. The molecule has 2 aromatic rings. The predicted octanol–water partition coefficient (Wildman–Crippen LogP) is 2.79. The average Bonchev–Trinajstić information content (AvgIpc) is 2.97. The lowest BCUT2D eigenvalue weighted by molar-refractivity contribution is 0.199. The Balaban J connectivity index is 2.08. The third-order valence-corrected chi connectivity index (χ3v) is 3.26. The highest BCUT2D eigenvalue weighted by Crippen LogP contribution is 2.23. The van der Waals surface area contributed by atoms with Crippen molar-refractivity contribution in [1.29, 1.82) is 0 Å². The van der Waals surface area contributed by atoms with Gasteiger partial charge in [0.1, 0.15) is 11.6 Å². The van der Waals surface area contributed by atoms with Crippen molar-refractivity contribution in [3.05, 3.63) is 53.7 Å². The van der Waals surface area contributed by atoms with Gasteiger partial charge in [-0.05, 0) is 24.3 Å². The SMILES string of the molecule is COCCNCc1c(F)cccc1N(C)Cc1ccco1. The first-order valence-corrected chi connectivity index (χ1v) is 6.93. The fraction of sp³-hybridized carbons (Fsp3) is 0.375. The van der Waals surface area contributed by atoms with Gasteiger partial charge in [-0.3, -0.25) is 0 Å². The molecule has 4 nitrogen and oxygen atoms in total. The molecule has 0 aliphatic rings. The first-order valence-electron chi connectivity index (χ1n) is 6.93. The topological polar surface area (TPSA) is 37.6 Å². The third-order valence-electron chi connectivity index (χ3n) is 3.26. The van der Waals surface area contributed by atoms with Gasteiger partial charge >= 0.3 is 0 Å². The van der Waals surface area contributed by atoms with Gasteiger partial charge in [0.05, 0.1) is 19.4 Å². The molecule has 21 heavy (non-hydrogen) atoms. The van der Waals surface area contributed by atoms with Crippen LogP contribution in [0.25, 0.3) is 0 Å². The lowest BCUT2D eigenvalue weighted by Gasteiger charge is -2.22. The number of benzene rings is 1. The largest absolute Gasteiger partial charge is 0.467 e. The summed E-state index contributed by atoms with van der Waals surface area (Å²) >= 11 is 0.